The molecule has 1 heterocycles. The number of anilines is 3. The quantitative estimate of drug-likeness (QED) is 0.0529. The number of halogens is 1. The van der Waals surface area contributed by atoms with Crippen LogP contribution >= 0.6 is 11.6 Å². The number of phenols is 1. The van der Waals surface area contributed by atoms with Gasteiger partial charge in [-0.3, -0.25) is 13.7 Å². The zero-order valence-electron chi connectivity index (χ0n) is 27.3. The van der Waals surface area contributed by atoms with Crippen molar-refractivity contribution in [3.8, 4) is 5.75 Å². The molecule has 55 heavy (non-hydrogen) atoms. The lowest BCUT2D eigenvalue weighted by molar-refractivity contribution is 0.310. The molecule has 0 amide bonds. The Kier molecular flexibility index (Phi) is 10.7. The van der Waals surface area contributed by atoms with E-state index >= 15 is 0 Å². The molecule has 0 bridgehead atoms. The number of aromatic nitrogens is 3. The number of azo groups is 2. The fourth-order valence-electron chi connectivity index (χ4n) is 5.03. The van der Waals surface area contributed by atoms with Crippen molar-refractivity contribution in [3.05, 3.63) is 84.1 Å². The maximum atomic E-state index is 12.5. The van der Waals surface area contributed by atoms with E-state index in [1.54, 1.807) is 0 Å². The number of benzene rings is 5. The zero-order valence-corrected chi connectivity index (χ0v) is 30.5. The first-order valence-corrected chi connectivity index (χ1v) is 19.9. The van der Waals surface area contributed by atoms with E-state index in [1.807, 2.05) is 0 Å². The van der Waals surface area contributed by atoms with Crippen molar-refractivity contribution in [1.29, 1.82) is 0 Å². The Balaban J connectivity index is 1.43. The van der Waals surface area contributed by atoms with Crippen molar-refractivity contribution >= 4 is 104 Å². The number of nitrogens with one attached hydrogen (secondary N) is 2. The highest BCUT2D eigenvalue weighted by Gasteiger charge is 2.23. The molecular weight excluding hydrogens is 806 g/mol. The summed E-state index contributed by atoms with van der Waals surface area (Å²) in [4.78, 5) is 10.3. The molecule has 6 rings (SSSR count). The Labute approximate surface area is 315 Å². The van der Waals surface area contributed by atoms with Gasteiger partial charge in [-0.25, -0.2) is 0 Å². The lowest BCUT2D eigenvalue weighted by atomic mass is 10.1. The summed E-state index contributed by atoms with van der Waals surface area (Å²) in [5.41, 5.74) is -0.202. The first-order chi connectivity index (χ1) is 25.9. The van der Waals surface area contributed by atoms with E-state index in [1.165, 1.54) is 48.5 Å². The fourth-order valence-corrected chi connectivity index (χ4v) is 6.83. The summed E-state index contributed by atoms with van der Waals surface area (Å²) < 4.78 is 101. The average molecular weight is 830 g/mol. The standard InChI is InChI=1S/C31H24ClN9O11S3/c32-29-35-30(33-11-12-42)37-31(36-29)34-18-2-1-16-13-26(55(50,51)52)27(28(43)22(16)14-18)41-40-25-10-9-24(21-8-7-20(15-23(21)25)54(47,48)49)39-38-17-3-5-19(6-4-17)53(44,45)46/h1-10,13-15,42-43H,11-12H2,(H,44,45,46)(H,47,48,49)(H,50,51,52)(H2,33,34,35,36,37). The Morgan fingerprint density at radius 2 is 1.27 bits per heavy atom. The van der Waals surface area contributed by atoms with Crippen LogP contribution in [0.3, 0.4) is 0 Å². The van der Waals surface area contributed by atoms with Crippen molar-refractivity contribution in [2.24, 2.45) is 20.5 Å². The third-order valence-electron chi connectivity index (χ3n) is 7.50. The number of aromatic hydroxyl groups is 1. The van der Waals surface area contributed by atoms with Crippen LogP contribution in [0.5, 0.6) is 5.75 Å². The Morgan fingerprint density at radius 3 is 1.93 bits per heavy atom. The second-order valence-corrected chi connectivity index (χ2v) is 15.7. The van der Waals surface area contributed by atoms with Crippen LogP contribution in [-0.4, -0.2) is 77.2 Å². The Bertz CT molecular complexity index is 2900. The van der Waals surface area contributed by atoms with Gasteiger partial charge in [-0.15, -0.1) is 15.3 Å². The molecule has 0 atom stereocenters. The number of nitrogens with zero attached hydrogens (tertiary/aromatic N) is 7. The van der Waals surface area contributed by atoms with Gasteiger partial charge < -0.3 is 20.8 Å². The van der Waals surface area contributed by atoms with E-state index in [0.717, 1.165) is 30.3 Å². The van der Waals surface area contributed by atoms with Crippen LogP contribution in [0, 0.1) is 0 Å². The van der Waals surface area contributed by atoms with Gasteiger partial charge in [0.2, 0.25) is 17.2 Å². The smallest absolute Gasteiger partial charge is 0.296 e. The van der Waals surface area contributed by atoms with Crippen LogP contribution in [0.25, 0.3) is 21.5 Å². The van der Waals surface area contributed by atoms with Crippen molar-refractivity contribution in [1.82, 2.24) is 15.0 Å². The fraction of sp³-hybridized carbons (Fsp3) is 0.0645. The maximum Gasteiger partial charge on any atom is 0.296 e. The van der Waals surface area contributed by atoms with Crippen molar-refractivity contribution < 1.29 is 49.1 Å². The average Bonchev–Trinajstić information content (AvgIpc) is 3.11. The molecule has 6 aromatic rings. The molecule has 284 valence electrons. The minimum Gasteiger partial charge on any atom is -0.505 e. The van der Waals surface area contributed by atoms with Crippen LogP contribution in [0.4, 0.5) is 40.3 Å². The number of phenolic OH excluding ortho intramolecular Hbond substituents is 1. The number of aliphatic hydroxyl groups excluding tert-OH is 1. The van der Waals surface area contributed by atoms with E-state index in [4.69, 9.17) is 16.7 Å². The van der Waals surface area contributed by atoms with Gasteiger partial charge in [-0.2, -0.15) is 45.3 Å². The van der Waals surface area contributed by atoms with Gasteiger partial charge in [0.05, 0.1) is 33.5 Å². The summed E-state index contributed by atoms with van der Waals surface area (Å²) in [6, 6.07) is 16.2. The highest BCUT2D eigenvalue weighted by Crippen LogP contribution is 2.43. The minimum absolute atomic E-state index is 0.0149. The molecule has 0 aliphatic rings. The number of hydrogen-bond acceptors (Lipinski definition) is 17. The van der Waals surface area contributed by atoms with Crippen LogP contribution in [0.2, 0.25) is 5.28 Å². The van der Waals surface area contributed by atoms with E-state index in [9.17, 15) is 44.0 Å². The predicted molar refractivity (Wildman–Crippen MR) is 197 cm³/mol. The molecular formula is C31H24ClN9O11S3. The van der Waals surface area contributed by atoms with Crippen LogP contribution < -0.4 is 10.6 Å². The summed E-state index contributed by atoms with van der Waals surface area (Å²) >= 11 is 5.99. The summed E-state index contributed by atoms with van der Waals surface area (Å²) in [7, 11) is -14.2. The summed E-state index contributed by atoms with van der Waals surface area (Å²) in [6.07, 6.45) is 0. The minimum atomic E-state index is -5.03. The SMILES string of the molecule is O=S(=O)(O)c1ccc(N=Nc2ccc(N=Nc3c(S(=O)(=O)O)cc4ccc(Nc5nc(Cl)nc(NCCO)n5)cc4c3O)c3cc(S(=O)(=O)O)ccc23)cc1. The Morgan fingerprint density at radius 1 is 0.636 bits per heavy atom. The van der Waals surface area contributed by atoms with Gasteiger partial charge in [0.15, 0.2) is 5.75 Å². The van der Waals surface area contributed by atoms with Gasteiger partial charge in [-0.1, -0.05) is 12.1 Å². The van der Waals surface area contributed by atoms with Crippen molar-refractivity contribution in [2.45, 2.75) is 14.7 Å². The van der Waals surface area contributed by atoms with Crippen molar-refractivity contribution in [2.75, 3.05) is 23.8 Å². The highest BCUT2D eigenvalue weighted by molar-refractivity contribution is 7.86. The second kappa shape index (κ2) is 15.2. The van der Waals surface area contributed by atoms with Crippen LogP contribution in [0.1, 0.15) is 0 Å². The lowest BCUT2D eigenvalue weighted by Crippen LogP contribution is -2.10. The molecule has 0 fully saturated rings. The van der Waals surface area contributed by atoms with Gasteiger partial charge in [0.1, 0.15) is 10.6 Å². The van der Waals surface area contributed by atoms with Crippen molar-refractivity contribution in [3.63, 3.8) is 0 Å². The van der Waals surface area contributed by atoms with Crippen LogP contribution in [-0.2, 0) is 30.4 Å². The maximum absolute atomic E-state index is 12.5. The molecule has 0 aliphatic heterocycles. The molecule has 0 unspecified atom stereocenters. The second-order valence-electron chi connectivity index (χ2n) is 11.2. The van der Waals surface area contributed by atoms with Gasteiger partial charge in [-0.05, 0) is 83.7 Å². The van der Waals surface area contributed by atoms with E-state index in [0.29, 0.717) is 0 Å². The third-order valence-corrected chi connectivity index (χ3v) is 10.2. The predicted octanol–water partition coefficient (Wildman–Crippen LogP) is 6.26. The first kappa shape index (κ1) is 38.9. The molecule has 1 aromatic heterocycles. The van der Waals surface area contributed by atoms with E-state index in [2.05, 4.69) is 46.0 Å². The summed E-state index contributed by atoms with van der Waals surface area (Å²) in [6.45, 7) is -0.0790. The zero-order chi connectivity index (χ0) is 39.7. The molecule has 24 heteroatoms. The van der Waals surface area contributed by atoms with E-state index < -0.39 is 51.6 Å². The third kappa shape index (κ3) is 8.96. The number of aliphatic hydroxyl groups is 1. The normalized spacial score (nSPS) is 12.6. The first-order valence-electron chi connectivity index (χ1n) is 15.2. The molecule has 0 aliphatic carbocycles. The molecule has 5 aromatic carbocycles. The van der Waals surface area contributed by atoms with Crippen LogP contribution in [0.15, 0.2) is 114 Å². The number of hydrogen-bond donors (Lipinski definition) is 7. The highest BCUT2D eigenvalue weighted by atomic mass is 35.5. The molecule has 20 nitrogen and oxygen atoms in total. The monoisotopic (exact) mass is 829 g/mol. The van der Waals surface area contributed by atoms with E-state index in [-0.39, 0.29) is 79.5 Å². The molecule has 7 N–H and O–H groups in total. The molecule has 0 radical (unpaired) electrons. The van der Waals surface area contributed by atoms with Gasteiger partial charge in [0.25, 0.3) is 30.4 Å². The molecule has 0 saturated carbocycles. The largest absolute Gasteiger partial charge is 0.505 e. The summed E-state index contributed by atoms with van der Waals surface area (Å²) in [5.74, 6) is -0.700. The summed E-state index contributed by atoms with van der Waals surface area (Å²) in [5, 5.41) is 42.5. The topological polar surface area (TPSA) is 316 Å². The number of rotatable bonds is 12. The Hall–Kier alpha value is -5.79. The van der Waals surface area contributed by atoms with Gasteiger partial charge >= 0.3 is 0 Å². The lowest BCUT2D eigenvalue weighted by Gasteiger charge is -2.12. The van der Waals surface area contributed by atoms with Gasteiger partial charge in [0, 0.05) is 28.4 Å². The number of fused-ring (bicyclic) bond motifs is 2. The molecule has 0 saturated heterocycles. The molecule has 0 spiro atoms.